The lowest BCUT2D eigenvalue weighted by molar-refractivity contribution is 0.233. The van der Waals surface area contributed by atoms with Crippen molar-refractivity contribution < 1.29 is 8.78 Å². The van der Waals surface area contributed by atoms with E-state index in [-0.39, 0.29) is 10.8 Å². The van der Waals surface area contributed by atoms with E-state index in [0.29, 0.717) is 5.69 Å². The Hall–Kier alpha value is -2.57. The molecule has 0 spiro atoms. The third-order valence-corrected chi connectivity index (χ3v) is 4.79. The van der Waals surface area contributed by atoms with E-state index in [2.05, 4.69) is 15.2 Å². The van der Waals surface area contributed by atoms with Crippen LogP contribution < -0.4 is 10.9 Å². The molecule has 0 atom stereocenters. The molecule has 0 amide bonds. The number of fused-ring (bicyclic) bond motifs is 1. The fourth-order valence-electron chi connectivity index (χ4n) is 3.38. The normalized spacial score (nSPS) is 15.5. The first-order valence-electron chi connectivity index (χ1n) is 8.65. The molecule has 134 valence electrons. The summed E-state index contributed by atoms with van der Waals surface area (Å²) in [6.07, 6.45) is 0. The maximum Gasteiger partial charge on any atom is 0.259 e. The smallest absolute Gasteiger partial charge is 0.259 e. The van der Waals surface area contributed by atoms with Gasteiger partial charge in [-0.2, -0.15) is 0 Å². The number of halogens is 2. The average molecular weight is 355 g/mol. The Balaban J connectivity index is 1.65. The van der Waals surface area contributed by atoms with Crippen molar-refractivity contribution in [3.8, 4) is 11.3 Å². The highest BCUT2D eigenvalue weighted by molar-refractivity contribution is 5.86. The zero-order chi connectivity index (χ0) is 18.1. The van der Waals surface area contributed by atoms with Gasteiger partial charge in [0.25, 0.3) is 5.56 Å². The van der Waals surface area contributed by atoms with Crippen LogP contribution in [0.25, 0.3) is 22.0 Å². The molecule has 1 aliphatic rings. The van der Waals surface area contributed by atoms with Gasteiger partial charge < -0.3 is 10.3 Å². The Bertz CT molecular complexity index is 992. The number of hydrogen-bond acceptors (Lipinski definition) is 3. The SMILES string of the molecule is O=c1[nH]c(-c2ccc(CN3CCNCC3)cc2)cc2c(F)ccc(F)c12. The first kappa shape index (κ1) is 16.9. The summed E-state index contributed by atoms with van der Waals surface area (Å²) in [7, 11) is 0. The van der Waals surface area contributed by atoms with Gasteiger partial charge in [0.15, 0.2) is 0 Å². The van der Waals surface area contributed by atoms with Crippen molar-refractivity contribution in [3.63, 3.8) is 0 Å². The molecular formula is C20H19F2N3O. The van der Waals surface area contributed by atoms with E-state index in [4.69, 9.17) is 0 Å². The summed E-state index contributed by atoms with van der Waals surface area (Å²) < 4.78 is 27.9. The van der Waals surface area contributed by atoms with Crippen LogP contribution in [0.3, 0.4) is 0 Å². The number of hydrogen-bond donors (Lipinski definition) is 2. The number of nitrogens with zero attached hydrogens (tertiary/aromatic N) is 1. The maximum atomic E-state index is 14.0. The van der Waals surface area contributed by atoms with Crippen LogP contribution in [0, 0.1) is 11.6 Å². The molecule has 3 aromatic rings. The van der Waals surface area contributed by atoms with Crippen LogP contribution in [0.15, 0.2) is 47.3 Å². The lowest BCUT2D eigenvalue weighted by Gasteiger charge is -2.27. The van der Waals surface area contributed by atoms with Crippen LogP contribution >= 0.6 is 0 Å². The van der Waals surface area contributed by atoms with Crippen molar-refractivity contribution in [1.82, 2.24) is 15.2 Å². The Labute approximate surface area is 149 Å². The van der Waals surface area contributed by atoms with Crippen LogP contribution in [-0.4, -0.2) is 36.1 Å². The van der Waals surface area contributed by atoms with Gasteiger partial charge >= 0.3 is 0 Å². The summed E-state index contributed by atoms with van der Waals surface area (Å²) in [6, 6.07) is 11.3. The zero-order valence-electron chi connectivity index (χ0n) is 14.2. The second-order valence-electron chi connectivity index (χ2n) is 6.55. The van der Waals surface area contributed by atoms with Gasteiger partial charge in [-0.05, 0) is 29.3 Å². The van der Waals surface area contributed by atoms with Crippen molar-refractivity contribution >= 4 is 10.8 Å². The van der Waals surface area contributed by atoms with Gasteiger partial charge in [0, 0.05) is 43.8 Å². The third-order valence-electron chi connectivity index (χ3n) is 4.79. The van der Waals surface area contributed by atoms with E-state index in [1.54, 1.807) is 0 Å². The van der Waals surface area contributed by atoms with E-state index >= 15 is 0 Å². The van der Waals surface area contributed by atoms with Gasteiger partial charge in [0.1, 0.15) is 11.6 Å². The molecule has 4 nitrogen and oxygen atoms in total. The first-order chi connectivity index (χ1) is 12.6. The quantitative estimate of drug-likeness (QED) is 0.760. The van der Waals surface area contributed by atoms with Gasteiger partial charge in [-0.15, -0.1) is 0 Å². The largest absolute Gasteiger partial charge is 0.321 e. The fraction of sp³-hybridized carbons (Fsp3) is 0.250. The van der Waals surface area contributed by atoms with Crippen molar-refractivity contribution in [2.75, 3.05) is 26.2 Å². The molecule has 6 heteroatoms. The third kappa shape index (κ3) is 3.25. The molecule has 0 aliphatic carbocycles. The molecule has 1 fully saturated rings. The summed E-state index contributed by atoms with van der Waals surface area (Å²) in [5.41, 5.74) is 1.79. The summed E-state index contributed by atoms with van der Waals surface area (Å²) in [6.45, 7) is 4.91. The maximum absolute atomic E-state index is 14.0. The summed E-state index contributed by atoms with van der Waals surface area (Å²) >= 11 is 0. The summed E-state index contributed by atoms with van der Waals surface area (Å²) in [4.78, 5) is 17.2. The molecule has 0 radical (unpaired) electrons. The van der Waals surface area contributed by atoms with Crippen LogP contribution in [0.2, 0.25) is 0 Å². The van der Waals surface area contributed by atoms with Crippen molar-refractivity contribution in [2.24, 2.45) is 0 Å². The molecule has 2 aromatic carbocycles. The number of nitrogens with one attached hydrogen (secondary N) is 2. The highest BCUT2D eigenvalue weighted by Crippen LogP contribution is 2.24. The number of rotatable bonds is 3. The summed E-state index contributed by atoms with van der Waals surface area (Å²) in [5.74, 6) is -1.33. The van der Waals surface area contributed by atoms with Gasteiger partial charge in [-0.1, -0.05) is 24.3 Å². The highest BCUT2D eigenvalue weighted by Gasteiger charge is 2.13. The molecule has 2 heterocycles. The van der Waals surface area contributed by atoms with Crippen LogP contribution in [0.4, 0.5) is 8.78 Å². The minimum atomic E-state index is -0.722. The van der Waals surface area contributed by atoms with E-state index in [9.17, 15) is 13.6 Å². The minimum Gasteiger partial charge on any atom is -0.321 e. The minimum absolute atomic E-state index is 0.00589. The molecule has 2 N–H and O–H groups in total. The van der Waals surface area contributed by atoms with Crippen LogP contribution in [-0.2, 0) is 6.54 Å². The number of H-pyrrole nitrogens is 1. The Morgan fingerprint density at radius 2 is 1.65 bits per heavy atom. The van der Waals surface area contributed by atoms with Gasteiger partial charge in [-0.25, -0.2) is 8.78 Å². The lowest BCUT2D eigenvalue weighted by atomic mass is 10.0. The number of aromatic nitrogens is 1. The van der Waals surface area contributed by atoms with E-state index in [1.165, 1.54) is 11.6 Å². The summed E-state index contributed by atoms with van der Waals surface area (Å²) in [5, 5.41) is 3.07. The van der Waals surface area contributed by atoms with Crippen molar-refractivity contribution in [2.45, 2.75) is 6.54 Å². The van der Waals surface area contributed by atoms with Crippen molar-refractivity contribution in [1.29, 1.82) is 0 Å². The number of piperazine rings is 1. The highest BCUT2D eigenvalue weighted by atomic mass is 19.1. The molecule has 1 aliphatic heterocycles. The first-order valence-corrected chi connectivity index (χ1v) is 8.65. The topological polar surface area (TPSA) is 48.1 Å². The second-order valence-corrected chi connectivity index (χ2v) is 6.55. The number of aromatic amines is 1. The second kappa shape index (κ2) is 6.97. The molecule has 0 bridgehead atoms. The monoisotopic (exact) mass is 355 g/mol. The van der Waals surface area contributed by atoms with Crippen LogP contribution in [0.5, 0.6) is 0 Å². The van der Waals surface area contributed by atoms with Gasteiger partial charge in [-0.3, -0.25) is 9.69 Å². The van der Waals surface area contributed by atoms with Crippen LogP contribution in [0.1, 0.15) is 5.56 Å². The predicted octanol–water partition coefficient (Wildman–Crippen LogP) is 2.88. The van der Waals surface area contributed by atoms with Gasteiger partial charge in [0.2, 0.25) is 0 Å². The Morgan fingerprint density at radius 3 is 2.38 bits per heavy atom. The molecule has 0 unspecified atom stereocenters. The zero-order valence-corrected chi connectivity index (χ0v) is 14.2. The van der Waals surface area contributed by atoms with E-state index in [0.717, 1.165) is 50.4 Å². The standard InChI is InChI=1S/C20H19F2N3O/c21-16-5-6-17(22)19-15(16)11-18(24-20(19)26)14-3-1-13(2-4-14)12-25-9-7-23-8-10-25/h1-6,11,23H,7-10,12H2,(H,24,26). The number of benzene rings is 2. The van der Waals surface area contributed by atoms with E-state index in [1.807, 2.05) is 24.3 Å². The number of pyridine rings is 1. The predicted molar refractivity (Wildman–Crippen MR) is 98.1 cm³/mol. The molecule has 1 aromatic heterocycles. The Morgan fingerprint density at radius 1 is 0.962 bits per heavy atom. The Kier molecular flexibility index (Phi) is 4.53. The molecule has 4 rings (SSSR count). The molecular weight excluding hydrogens is 336 g/mol. The molecule has 1 saturated heterocycles. The lowest BCUT2D eigenvalue weighted by Crippen LogP contribution is -2.42. The van der Waals surface area contributed by atoms with E-state index < -0.39 is 17.2 Å². The van der Waals surface area contributed by atoms with Crippen molar-refractivity contribution in [3.05, 3.63) is 70.0 Å². The van der Waals surface area contributed by atoms with Gasteiger partial charge in [0.05, 0.1) is 5.39 Å². The molecule has 26 heavy (non-hydrogen) atoms. The molecule has 0 saturated carbocycles. The fourth-order valence-corrected chi connectivity index (χ4v) is 3.38. The average Bonchev–Trinajstić information content (AvgIpc) is 2.66.